The number of hydrogen-bond acceptors (Lipinski definition) is 12. The number of rotatable bonds is 9. The second-order valence-corrected chi connectivity index (χ2v) is 9.33. The van der Waals surface area contributed by atoms with Crippen molar-refractivity contribution in [3.63, 3.8) is 0 Å². The summed E-state index contributed by atoms with van der Waals surface area (Å²) in [6.07, 6.45) is -0.456. The highest BCUT2D eigenvalue weighted by Gasteiger charge is 2.49. The number of nitrogens with zero attached hydrogens (tertiary/aromatic N) is 4. The summed E-state index contributed by atoms with van der Waals surface area (Å²) in [5.74, 6) is -2.84. The van der Waals surface area contributed by atoms with Crippen molar-refractivity contribution >= 4 is 46.1 Å². The molecule has 1 aliphatic carbocycles. The van der Waals surface area contributed by atoms with Gasteiger partial charge in [0.25, 0.3) is 5.91 Å². The standard InChI is InChI=1S/C18H22N8O7S/c1-17(2,3)32-16(31)24-15-22-9(7-34-15)11(25-33-18(4-5-18)14(29)30)13(28)23-10-8(6-20-26-19)21-12(10)27/h7-8,10,19H,4-6H2,1-3H3,(H3-,21,22,23,24,27,28,29,30,31)/t8-,10+/m1/s1. The molecule has 34 heavy (non-hydrogen) atoms. The topological polar surface area (TPSA) is 221 Å². The maximum atomic E-state index is 12.9. The van der Waals surface area contributed by atoms with Crippen LogP contribution >= 0.6 is 11.3 Å². The molecule has 1 saturated carbocycles. The van der Waals surface area contributed by atoms with Gasteiger partial charge in [-0.05, 0) is 33.6 Å². The summed E-state index contributed by atoms with van der Waals surface area (Å²) in [4.78, 5) is 60.2. The number of amides is 3. The summed E-state index contributed by atoms with van der Waals surface area (Å²) in [5, 5.41) is 27.3. The number of anilines is 1. The van der Waals surface area contributed by atoms with E-state index in [2.05, 4.69) is 36.1 Å². The minimum atomic E-state index is -1.63. The first-order valence-electron chi connectivity index (χ1n) is 10.0. The van der Waals surface area contributed by atoms with Crippen molar-refractivity contribution < 1.29 is 33.9 Å². The lowest BCUT2D eigenvalue weighted by molar-refractivity contribution is -0.319. The highest BCUT2D eigenvalue weighted by atomic mass is 32.1. The largest absolute Gasteiger partial charge is 0.546 e. The molecule has 182 valence electrons. The SMILES string of the molecule is CC(C)(C)OC(=O)Nc1nc(C(=NOC2(C(=O)[O-])CC2)C(=O)N[C@@H]2C(=O)N[C@@H]2CN=[N+]=N)cs1. The van der Waals surface area contributed by atoms with E-state index in [1.165, 1.54) is 5.38 Å². The van der Waals surface area contributed by atoms with Gasteiger partial charge in [-0.1, -0.05) is 5.16 Å². The van der Waals surface area contributed by atoms with E-state index in [1.807, 2.05) is 0 Å². The van der Waals surface area contributed by atoms with Crippen LogP contribution in [0.25, 0.3) is 0 Å². The Bertz CT molecular complexity index is 1080. The molecule has 0 aromatic carbocycles. The maximum absolute atomic E-state index is 12.9. The molecule has 0 spiro atoms. The normalized spacial score (nSPS) is 20.7. The summed E-state index contributed by atoms with van der Waals surface area (Å²) in [5.41, 5.74) is 3.88. The second kappa shape index (κ2) is 9.52. The number of thiazole rings is 1. The third-order valence-corrected chi connectivity index (χ3v) is 5.36. The Balaban J connectivity index is 1.79. The third-order valence-electron chi connectivity index (χ3n) is 4.61. The Hall–Kier alpha value is -3.91. The van der Waals surface area contributed by atoms with Gasteiger partial charge in [0, 0.05) is 5.38 Å². The number of ether oxygens (including phenoxy) is 1. The van der Waals surface area contributed by atoms with E-state index in [-0.39, 0.29) is 30.2 Å². The Morgan fingerprint density at radius 1 is 1.41 bits per heavy atom. The maximum Gasteiger partial charge on any atom is 0.413 e. The van der Waals surface area contributed by atoms with Crippen LogP contribution in [-0.4, -0.2) is 64.4 Å². The van der Waals surface area contributed by atoms with E-state index in [4.69, 9.17) is 15.1 Å². The molecular weight excluding hydrogens is 472 g/mol. The van der Waals surface area contributed by atoms with Gasteiger partial charge in [0.2, 0.25) is 10.8 Å². The predicted octanol–water partition coefficient (Wildman–Crippen LogP) is -0.973. The molecule has 2 aliphatic rings. The zero-order chi connectivity index (χ0) is 25.1. The number of oxime groups is 1. The van der Waals surface area contributed by atoms with Crippen LogP contribution in [0.2, 0.25) is 0 Å². The Labute approximate surface area is 196 Å². The summed E-state index contributed by atoms with van der Waals surface area (Å²) >= 11 is 0.960. The van der Waals surface area contributed by atoms with Gasteiger partial charge in [-0.15, -0.1) is 11.3 Å². The fourth-order valence-corrected chi connectivity index (χ4v) is 3.39. The lowest BCUT2D eigenvalue weighted by atomic mass is 9.99. The van der Waals surface area contributed by atoms with Gasteiger partial charge in [-0.3, -0.25) is 14.9 Å². The molecule has 3 amide bonds. The average Bonchev–Trinajstić information content (AvgIpc) is 3.40. The molecule has 4 N–H and O–H groups in total. The Kier molecular flexibility index (Phi) is 6.93. The van der Waals surface area contributed by atoms with Gasteiger partial charge in [-0.2, -0.15) is 0 Å². The van der Waals surface area contributed by atoms with E-state index in [0.29, 0.717) is 0 Å². The first-order valence-corrected chi connectivity index (χ1v) is 10.9. The van der Waals surface area contributed by atoms with Gasteiger partial charge in [0.05, 0.1) is 12.0 Å². The van der Waals surface area contributed by atoms with Crippen molar-refractivity contribution in [3.05, 3.63) is 11.1 Å². The second-order valence-electron chi connectivity index (χ2n) is 8.47. The number of hydrogen-bond donors (Lipinski definition) is 4. The van der Waals surface area contributed by atoms with Crippen molar-refractivity contribution in [2.75, 3.05) is 11.9 Å². The molecule has 2 atom stereocenters. The van der Waals surface area contributed by atoms with Gasteiger partial charge in [0.1, 0.15) is 34.5 Å². The number of nitrogens with one attached hydrogen (secondary N) is 4. The highest BCUT2D eigenvalue weighted by molar-refractivity contribution is 7.14. The van der Waals surface area contributed by atoms with Crippen molar-refractivity contribution in [1.29, 1.82) is 5.53 Å². The zero-order valence-electron chi connectivity index (χ0n) is 18.4. The van der Waals surface area contributed by atoms with Crippen LogP contribution in [0.4, 0.5) is 9.93 Å². The molecular formula is C18H22N8O7S. The van der Waals surface area contributed by atoms with E-state index in [9.17, 15) is 24.3 Å². The van der Waals surface area contributed by atoms with Crippen LogP contribution in [0.5, 0.6) is 0 Å². The van der Waals surface area contributed by atoms with Crippen LogP contribution in [0.3, 0.4) is 0 Å². The van der Waals surface area contributed by atoms with Gasteiger partial charge in [-0.25, -0.2) is 9.78 Å². The predicted molar refractivity (Wildman–Crippen MR) is 113 cm³/mol. The number of carbonyl (C=O) groups excluding carboxylic acids is 4. The molecule has 0 unspecified atom stereocenters. The van der Waals surface area contributed by atoms with Crippen LogP contribution in [0.15, 0.2) is 15.7 Å². The number of β-lactam (4-membered cyclic amide) rings is 1. The number of carboxylic acid groups (broad SMARTS) is 1. The van der Waals surface area contributed by atoms with Gasteiger partial charge < -0.3 is 30.1 Å². The molecule has 16 heteroatoms. The zero-order valence-corrected chi connectivity index (χ0v) is 19.2. The molecule has 0 radical (unpaired) electrons. The minimum absolute atomic E-state index is 0.0301. The summed E-state index contributed by atoms with van der Waals surface area (Å²) < 4.78 is 5.15. The van der Waals surface area contributed by atoms with Crippen LogP contribution in [0.1, 0.15) is 39.3 Å². The van der Waals surface area contributed by atoms with Crippen LogP contribution in [-0.2, 0) is 24.0 Å². The quantitative estimate of drug-likeness (QED) is 0.110. The molecule has 2 heterocycles. The van der Waals surface area contributed by atoms with E-state index >= 15 is 0 Å². The van der Waals surface area contributed by atoms with Crippen LogP contribution < -0.4 is 26.0 Å². The van der Waals surface area contributed by atoms with Crippen molar-refractivity contribution in [3.8, 4) is 0 Å². The summed E-state index contributed by atoms with van der Waals surface area (Å²) in [7, 11) is 0. The number of aliphatic carboxylic acids is 1. The van der Waals surface area contributed by atoms with Crippen molar-refractivity contribution in [2.24, 2.45) is 10.3 Å². The summed E-state index contributed by atoms with van der Waals surface area (Å²) in [6.45, 7) is 5.03. The smallest absolute Gasteiger partial charge is 0.413 e. The molecule has 3 rings (SSSR count). The number of carbonyl (C=O) groups is 4. The molecule has 1 aliphatic heterocycles. The molecule has 1 saturated heterocycles. The highest BCUT2D eigenvalue weighted by Crippen LogP contribution is 2.39. The van der Waals surface area contributed by atoms with E-state index < -0.39 is 52.9 Å². The fourth-order valence-electron chi connectivity index (χ4n) is 2.71. The van der Waals surface area contributed by atoms with E-state index in [1.54, 1.807) is 20.8 Å². The Morgan fingerprint density at radius 2 is 2.12 bits per heavy atom. The van der Waals surface area contributed by atoms with Crippen molar-refractivity contribution in [2.45, 2.75) is 56.9 Å². The monoisotopic (exact) mass is 494 g/mol. The van der Waals surface area contributed by atoms with Crippen LogP contribution in [0, 0.1) is 5.53 Å². The molecule has 0 bridgehead atoms. The summed E-state index contributed by atoms with van der Waals surface area (Å²) in [6, 6.07) is -1.58. The molecule has 2 fully saturated rings. The molecule has 15 nitrogen and oxygen atoms in total. The van der Waals surface area contributed by atoms with Crippen molar-refractivity contribution in [1.82, 2.24) is 20.5 Å². The van der Waals surface area contributed by atoms with Gasteiger partial charge in [0.15, 0.2) is 16.4 Å². The molecule has 1 aromatic rings. The first kappa shape index (κ1) is 24.7. The van der Waals surface area contributed by atoms with Gasteiger partial charge >= 0.3 is 6.09 Å². The average molecular weight is 494 g/mol. The molecule has 1 aromatic heterocycles. The number of aromatic nitrogens is 1. The minimum Gasteiger partial charge on any atom is -0.546 e. The lowest BCUT2D eigenvalue weighted by Gasteiger charge is -2.34. The lowest BCUT2D eigenvalue weighted by Crippen LogP contribution is -2.70. The number of carboxylic acids is 1. The fraction of sp³-hybridized carbons (Fsp3) is 0.556. The first-order chi connectivity index (χ1) is 15.9. The third kappa shape index (κ3) is 5.90. The van der Waals surface area contributed by atoms with E-state index in [0.717, 1.165) is 11.3 Å². The Morgan fingerprint density at radius 3 is 2.68 bits per heavy atom.